The molecule has 0 spiro atoms. The first-order chi connectivity index (χ1) is 11.6. The lowest BCUT2D eigenvalue weighted by Crippen LogP contribution is -2.30. The van der Waals surface area contributed by atoms with Crippen molar-refractivity contribution in [3.63, 3.8) is 0 Å². The number of carbonyl (C=O) groups excluding carboxylic acids is 1. The number of rotatable bonds is 7. The van der Waals surface area contributed by atoms with Crippen LogP contribution < -0.4 is 5.32 Å². The second-order valence-corrected chi connectivity index (χ2v) is 6.07. The van der Waals surface area contributed by atoms with E-state index in [0.29, 0.717) is 19.5 Å². The van der Waals surface area contributed by atoms with E-state index in [2.05, 4.69) is 40.3 Å². The van der Waals surface area contributed by atoms with E-state index in [9.17, 15) is 4.79 Å². The number of para-hydroxylation sites is 1. The third kappa shape index (κ3) is 3.86. The summed E-state index contributed by atoms with van der Waals surface area (Å²) < 4.78 is 5.21. The van der Waals surface area contributed by atoms with Gasteiger partial charge in [0.2, 0.25) is 5.91 Å². The SMILES string of the molecule is CC(c1cc2ccccc2[nH]1)N(C)CCC(=O)NCc1ccco1. The van der Waals surface area contributed by atoms with Gasteiger partial charge in [-0.15, -0.1) is 0 Å². The molecule has 0 aliphatic rings. The molecule has 1 atom stereocenters. The Morgan fingerprint density at radius 3 is 2.88 bits per heavy atom. The van der Waals surface area contributed by atoms with E-state index in [-0.39, 0.29) is 11.9 Å². The van der Waals surface area contributed by atoms with Gasteiger partial charge in [-0.2, -0.15) is 0 Å². The molecule has 0 aliphatic carbocycles. The zero-order valence-electron chi connectivity index (χ0n) is 14.1. The molecule has 0 saturated heterocycles. The molecule has 1 aromatic carbocycles. The minimum atomic E-state index is 0.0297. The number of carbonyl (C=O) groups is 1. The lowest BCUT2D eigenvalue weighted by Gasteiger charge is -2.23. The zero-order chi connectivity index (χ0) is 16.9. The summed E-state index contributed by atoms with van der Waals surface area (Å²) in [5.41, 5.74) is 2.30. The molecular weight excluding hydrogens is 302 g/mol. The van der Waals surface area contributed by atoms with Crippen LogP contribution in [0.25, 0.3) is 10.9 Å². The van der Waals surface area contributed by atoms with E-state index in [4.69, 9.17) is 4.42 Å². The predicted octanol–water partition coefficient (Wildman–Crippen LogP) is 3.46. The molecule has 0 aliphatic heterocycles. The predicted molar refractivity (Wildman–Crippen MR) is 94.5 cm³/mol. The third-order valence-corrected chi connectivity index (χ3v) is 4.39. The maximum atomic E-state index is 12.0. The second kappa shape index (κ2) is 7.36. The second-order valence-electron chi connectivity index (χ2n) is 6.07. The number of H-pyrrole nitrogens is 1. The number of furan rings is 1. The first-order valence-electron chi connectivity index (χ1n) is 8.20. The summed E-state index contributed by atoms with van der Waals surface area (Å²) in [7, 11) is 2.04. The average Bonchev–Trinajstić information content (AvgIpc) is 3.25. The Kier molecular flexibility index (Phi) is 5.01. The minimum absolute atomic E-state index is 0.0297. The molecule has 3 aromatic rings. The summed E-state index contributed by atoms with van der Waals surface area (Å²) in [6.07, 6.45) is 2.07. The van der Waals surface area contributed by atoms with Crippen molar-refractivity contribution in [3.05, 3.63) is 60.2 Å². The number of fused-ring (bicyclic) bond motifs is 1. The molecular formula is C19H23N3O2. The van der Waals surface area contributed by atoms with Gasteiger partial charge in [0.25, 0.3) is 0 Å². The standard InChI is InChI=1S/C19H23N3O2/c1-14(18-12-15-6-3-4-8-17(15)21-18)22(2)10-9-19(23)20-13-16-7-5-11-24-16/h3-8,11-12,14,21H,9-10,13H2,1-2H3,(H,20,23). The third-order valence-electron chi connectivity index (χ3n) is 4.39. The molecule has 2 N–H and O–H groups in total. The summed E-state index contributed by atoms with van der Waals surface area (Å²) in [5, 5.41) is 4.09. The number of aromatic amines is 1. The van der Waals surface area contributed by atoms with Crippen LogP contribution in [0.2, 0.25) is 0 Å². The Hall–Kier alpha value is -2.53. The monoisotopic (exact) mass is 325 g/mol. The van der Waals surface area contributed by atoms with Crippen molar-refractivity contribution in [2.75, 3.05) is 13.6 Å². The number of nitrogens with one attached hydrogen (secondary N) is 2. The molecule has 126 valence electrons. The largest absolute Gasteiger partial charge is 0.467 e. The van der Waals surface area contributed by atoms with E-state index in [0.717, 1.165) is 17.0 Å². The fourth-order valence-corrected chi connectivity index (χ4v) is 2.72. The molecule has 5 nitrogen and oxygen atoms in total. The molecule has 0 radical (unpaired) electrons. The molecule has 1 amide bonds. The van der Waals surface area contributed by atoms with Crippen LogP contribution in [0.5, 0.6) is 0 Å². The minimum Gasteiger partial charge on any atom is -0.467 e. The topological polar surface area (TPSA) is 61.3 Å². The van der Waals surface area contributed by atoms with Gasteiger partial charge < -0.3 is 14.7 Å². The molecule has 2 aromatic heterocycles. The smallest absolute Gasteiger partial charge is 0.221 e. The van der Waals surface area contributed by atoms with E-state index in [1.807, 2.05) is 31.3 Å². The van der Waals surface area contributed by atoms with Crippen LogP contribution in [0.3, 0.4) is 0 Å². The lowest BCUT2D eigenvalue weighted by atomic mass is 10.2. The number of aromatic nitrogens is 1. The van der Waals surface area contributed by atoms with Crippen molar-refractivity contribution in [2.24, 2.45) is 0 Å². The van der Waals surface area contributed by atoms with Gasteiger partial charge in [-0.05, 0) is 43.6 Å². The summed E-state index contributed by atoms with van der Waals surface area (Å²) in [4.78, 5) is 17.6. The number of nitrogens with zero attached hydrogens (tertiary/aromatic N) is 1. The normalized spacial score (nSPS) is 12.6. The van der Waals surface area contributed by atoms with Crippen LogP contribution in [0.4, 0.5) is 0 Å². The Labute approximate surface area is 141 Å². The van der Waals surface area contributed by atoms with Crippen molar-refractivity contribution in [1.29, 1.82) is 0 Å². The van der Waals surface area contributed by atoms with Crippen LogP contribution >= 0.6 is 0 Å². The Bertz CT molecular complexity index is 759. The van der Waals surface area contributed by atoms with E-state index < -0.39 is 0 Å². The lowest BCUT2D eigenvalue weighted by molar-refractivity contribution is -0.121. The van der Waals surface area contributed by atoms with Crippen LogP contribution in [-0.2, 0) is 11.3 Å². The summed E-state index contributed by atoms with van der Waals surface area (Å²) in [6.45, 7) is 3.28. The van der Waals surface area contributed by atoms with Gasteiger partial charge in [0.1, 0.15) is 5.76 Å². The molecule has 0 saturated carbocycles. The van der Waals surface area contributed by atoms with Crippen molar-refractivity contribution in [2.45, 2.75) is 25.9 Å². The number of benzene rings is 1. The highest BCUT2D eigenvalue weighted by atomic mass is 16.3. The van der Waals surface area contributed by atoms with Gasteiger partial charge in [-0.1, -0.05) is 18.2 Å². The van der Waals surface area contributed by atoms with Crippen molar-refractivity contribution in [1.82, 2.24) is 15.2 Å². The number of hydrogen-bond donors (Lipinski definition) is 2. The van der Waals surface area contributed by atoms with Gasteiger partial charge in [0.15, 0.2) is 0 Å². The molecule has 2 heterocycles. The Morgan fingerprint density at radius 2 is 2.12 bits per heavy atom. The van der Waals surface area contributed by atoms with Crippen LogP contribution in [0, 0.1) is 0 Å². The zero-order valence-corrected chi connectivity index (χ0v) is 14.1. The van der Waals surface area contributed by atoms with E-state index >= 15 is 0 Å². The van der Waals surface area contributed by atoms with Gasteiger partial charge >= 0.3 is 0 Å². The number of hydrogen-bond acceptors (Lipinski definition) is 3. The Balaban J connectivity index is 1.50. The fourth-order valence-electron chi connectivity index (χ4n) is 2.72. The summed E-state index contributed by atoms with van der Waals surface area (Å²) in [6, 6.07) is 14.3. The van der Waals surface area contributed by atoms with E-state index in [1.165, 1.54) is 5.39 Å². The highest BCUT2D eigenvalue weighted by molar-refractivity contribution is 5.80. The highest BCUT2D eigenvalue weighted by Gasteiger charge is 2.15. The quantitative estimate of drug-likeness (QED) is 0.699. The average molecular weight is 325 g/mol. The maximum Gasteiger partial charge on any atom is 0.221 e. The van der Waals surface area contributed by atoms with Gasteiger partial charge in [-0.3, -0.25) is 9.69 Å². The van der Waals surface area contributed by atoms with Crippen LogP contribution in [0.1, 0.15) is 30.8 Å². The van der Waals surface area contributed by atoms with Crippen LogP contribution in [0.15, 0.2) is 53.1 Å². The first kappa shape index (κ1) is 16.3. The summed E-state index contributed by atoms with van der Waals surface area (Å²) in [5.74, 6) is 0.797. The molecule has 1 unspecified atom stereocenters. The van der Waals surface area contributed by atoms with Gasteiger partial charge in [0.05, 0.1) is 12.8 Å². The molecule has 0 fully saturated rings. The van der Waals surface area contributed by atoms with Crippen LogP contribution in [-0.4, -0.2) is 29.4 Å². The van der Waals surface area contributed by atoms with Crippen molar-refractivity contribution < 1.29 is 9.21 Å². The van der Waals surface area contributed by atoms with E-state index in [1.54, 1.807) is 6.26 Å². The molecule has 5 heteroatoms. The highest BCUT2D eigenvalue weighted by Crippen LogP contribution is 2.23. The van der Waals surface area contributed by atoms with Gasteiger partial charge in [-0.25, -0.2) is 0 Å². The summed E-state index contributed by atoms with van der Waals surface area (Å²) >= 11 is 0. The molecule has 0 bridgehead atoms. The van der Waals surface area contributed by atoms with Crippen molar-refractivity contribution >= 4 is 16.8 Å². The Morgan fingerprint density at radius 1 is 1.29 bits per heavy atom. The molecule has 3 rings (SSSR count). The van der Waals surface area contributed by atoms with Crippen molar-refractivity contribution in [3.8, 4) is 0 Å². The number of amides is 1. The van der Waals surface area contributed by atoms with Gasteiger partial charge in [0, 0.05) is 30.2 Å². The fraction of sp³-hybridized carbons (Fsp3) is 0.316. The maximum absolute atomic E-state index is 12.0. The molecule has 24 heavy (non-hydrogen) atoms. The first-order valence-corrected chi connectivity index (χ1v) is 8.20.